The lowest BCUT2D eigenvalue weighted by Gasteiger charge is -2.12. The summed E-state index contributed by atoms with van der Waals surface area (Å²) in [5.74, 6) is -2.26. The zero-order chi connectivity index (χ0) is 16.3. The van der Waals surface area contributed by atoms with E-state index in [1.807, 2.05) is 19.1 Å². The summed E-state index contributed by atoms with van der Waals surface area (Å²) in [6.07, 6.45) is 0. The van der Waals surface area contributed by atoms with E-state index in [0.717, 1.165) is 15.8 Å². The SMILES string of the molecule is Cc1ccc(C(C)NC(=O)C(=O)Nc2cc(F)ccc2Cl)s1. The molecule has 0 spiro atoms. The highest BCUT2D eigenvalue weighted by Crippen LogP contribution is 2.23. The minimum absolute atomic E-state index is 0.0569. The zero-order valence-corrected chi connectivity index (χ0v) is 13.5. The van der Waals surface area contributed by atoms with Crippen molar-refractivity contribution in [2.24, 2.45) is 0 Å². The summed E-state index contributed by atoms with van der Waals surface area (Å²) >= 11 is 7.38. The van der Waals surface area contributed by atoms with Crippen LogP contribution >= 0.6 is 22.9 Å². The summed E-state index contributed by atoms with van der Waals surface area (Å²) in [5, 5.41) is 5.04. The number of anilines is 1. The van der Waals surface area contributed by atoms with Gasteiger partial charge in [0.25, 0.3) is 0 Å². The van der Waals surface area contributed by atoms with Crippen LogP contribution in [0, 0.1) is 12.7 Å². The van der Waals surface area contributed by atoms with Gasteiger partial charge in [-0.05, 0) is 44.2 Å². The molecule has 0 radical (unpaired) electrons. The molecule has 0 aliphatic carbocycles. The second kappa shape index (κ2) is 6.89. The maximum atomic E-state index is 13.1. The molecule has 1 unspecified atom stereocenters. The van der Waals surface area contributed by atoms with E-state index in [1.54, 1.807) is 18.3 Å². The quantitative estimate of drug-likeness (QED) is 0.838. The molecular formula is C15H14ClFN2O2S. The molecule has 116 valence electrons. The van der Waals surface area contributed by atoms with E-state index in [0.29, 0.717) is 0 Å². The van der Waals surface area contributed by atoms with Gasteiger partial charge in [-0.3, -0.25) is 9.59 Å². The van der Waals surface area contributed by atoms with E-state index >= 15 is 0 Å². The predicted molar refractivity (Wildman–Crippen MR) is 85.7 cm³/mol. The van der Waals surface area contributed by atoms with Crippen molar-refractivity contribution in [2.75, 3.05) is 5.32 Å². The number of carbonyl (C=O) groups excluding carboxylic acids is 2. The number of aryl methyl sites for hydroxylation is 1. The molecule has 0 fully saturated rings. The Balaban J connectivity index is 2.00. The predicted octanol–water partition coefficient (Wildman–Crippen LogP) is 3.66. The summed E-state index contributed by atoms with van der Waals surface area (Å²) < 4.78 is 13.1. The fraction of sp³-hybridized carbons (Fsp3) is 0.200. The average molecular weight is 341 g/mol. The summed E-state index contributed by atoms with van der Waals surface area (Å²) in [5.41, 5.74) is 0.0569. The van der Waals surface area contributed by atoms with Gasteiger partial charge in [0.15, 0.2) is 0 Å². The second-order valence-electron chi connectivity index (χ2n) is 4.72. The minimum atomic E-state index is -0.896. The molecule has 0 saturated carbocycles. The molecule has 1 aromatic carbocycles. The molecule has 0 bridgehead atoms. The fourth-order valence-corrected chi connectivity index (χ4v) is 2.84. The highest BCUT2D eigenvalue weighted by Gasteiger charge is 2.19. The van der Waals surface area contributed by atoms with Gasteiger partial charge in [-0.15, -0.1) is 11.3 Å². The van der Waals surface area contributed by atoms with Gasteiger partial charge in [-0.2, -0.15) is 0 Å². The molecule has 4 nitrogen and oxygen atoms in total. The summed E-state index contributed by atoms with van der Waals surface area (Å²) in [4.78, 5) is 25.8. The molecular weight excluding hydrogens is 327 g/mol. The van der Waals surface area contributed by atoms with Gasteiger partial charge < -0.3 is 10.6 Å². The van der Waals surface area contributed by atoms with E-state index in [-0.39, 0.29) is 16.8 Å². The Morgan fingerprint density at radius 3 is 2.59 bits per heavy atom. The molecule has 1 atom stereocenters. The number of nitrogens with one attached hydrogen (secondary N) is 2. The lowest BCUT2D eigenvalue weighted by atomic mass is 10.2. The normalized spacial score (nSPS) is 11.8. The molecule has 1 heterocycles. The van der Waals surface area contributed by atoms with Crippen LogP contribution in [0.4, 0.5) is 10.1 Å². The van der Waals surface area contributed by atoms with Gasteiger partial charge in [0.1, 0.15) is 5.82 Å². The van der Waals surface area contributed by atoms with Crippen molar-refractivity contribution in [3.63, 3.8) is 0 Å². The van der Waals surface area contributed by atoms with Gasteiger partial charge in [-0.25, -0.2) is 4.39 Å². The molecule has 2 N–H and O–H groups in total. The number of hydrogen-bond donors (Lipinski definition) is 2. The van der Waals surface area contributed by atoms with Crippen molar-refractivity contribution in [3.8, 4) is 0 Å². The van der Waals surface area contributed by atoms with E-state index in [1.165, 1.54) is 12.1 Å². The molecule has 22 heavy (non-hydrogen) atoms. The van der Waals surface area contributed by atoms with Crippen molar-refractivity contribution in [3.05, 3.63) is 50.9 Å². The minimum Gasteiger partial charge on any atom is -0.340 e. The van der Waals surface area contributed by atoms with Crippen molar-refractivity contribution in [1.82, 2.24) is 5.32 Å². The van der Waals surface area contributed by atoms with Crippen LogP contribution in [0.2, 0.25) is 5.02 Å². The standard InChI is InChI=1S/C15H14ClFN2O2S/c1-8-3-6-13(22-8)9(2)18-14(20)15(21)19-12-7-10(17)4-5-11(12)16/h3-7,9H,1-2H3,(H,18,20)(H,19,21). The number of amides is 2. The summed E-state index contributed by atoms with van der Waals surface area (Å²) in [7, 11) is 0. The first-order valence-electron chi connectivity index (χ1n) is 6.50. The van der Waals surface area contributed by atoms with Crippen LogP contribution in [0.1, 0.15) is 22.7 Å². The Labute approximate surface area is 136 Å². The number of rotatable bonds is 3. The van der Waals surface area contributed by atoms with Gasteiger partial charge in [-0.1, -0.05) is 11.6 Å². The van der Waals surface area contributed by atoms with Crippen molar-refractivity contribution < 1.29 is 14.0 Å². The molecule has 2 amide bonds. The number of thiophene rings is 1. The van der Waals surface area contributed by atoms with Gasteiger partial charge in [0.2, 0.25) is 0 Å². The number of benzene rings is 1. The molecule has 7 heteroatoms. The van der Waals surface area contributed by atoms with E-state index in [9.17, 15) is 14.0 Å². The Kier molecular flexibility index (Phi) is 5.15. The third-order valence-corrected chi connectivity index (χ3v) is 4.43. The largest absolute Gasteiger partial charge is 0.340 e. The first-order valence-corrected chi connectivity index (χ1v) is 7.69. The van der Waals surface area contributed by atoms with E-state index in [2.05, 4.69) is 10.6 Å². The average Bonchev–Trinajstić information content (AvgIpc) is 2.89. The van der Waals surface area contributed by atoms with Crippen LogP contribution in [0.15, 0.2) is 30.3 Å². The topological polar surface area (TPSA) is 58.2 Å². The van der Waals surface area contributed by atoms with Crippen LogP contribution < -0.4 is 10.6 Å². The van der Waals surface area contributed by atoms with Crippen molar-refractivity contribution in [1.29, 1.82) is 0 Å². The van der Waals surface area contributed by atoms with Gasteiger partial charge in [0, 0.05) is 9.75 Å². The smallest absolute Gasteiger partial charge is 0.313 e. The van der Waals surface area contributed by atoms with Crippen molar-refractivity contribution >= 4 is 40.4 Å². The Morgan fingerprint density at radius 1 is 1.23 bits per heavy atom. The summed E-state index contributed by atoms with van der Waals surface area (Å²) in [6.45, 7) is 3.74. The summed E-state index contributed by atoms with van der Waals surface area (Å²) in [6, 6.07) is 7.07. The number of halogens is 2. The third-order valence-electron chi connectivity index (χ3n) is 2.92. The Hall–Kier alpha value is -1.92. The first-order chi connectivity index (χ1) is 10.4. The zero-order valence-electron chi connectivity index (χ0n) is 11.9. The Morgan fingerprint density at radius 2 is 1.95 bits per heavy atom. The van der Waals surface area contributed by atoms with Gasteiger partial charge in [0.05, 0.1) is 16.8 Å². The van der Waals surface area contributed by atoms with Crippen LogP contribution in [-0.2, 0) is 9.59 Å². The maximum absolute atomic E-state index is 13.1. The molecule has 0 aliphatic heterocycles. The lowest BCUT2D eigenvalue weighted by Crippen LogP contribution is -2.36. The fourth-order valence-electron chi connectivity index (χ4n) is 1.79. The first kappa shape index (κ1) is 16.5. The molecule has 1 aromatic heterocycles. The lowest BCUT2D eigenvalue weighted by molar-refractivity contribution is -0.136. The molecule has 2 aromatic rings. The van der Waals surface area contributed by atoms with Gasteiger partial charge >= 0.3 is 11.8 Å². The van der Waals surface area contributed by atoms with Crippen LogP contribution in [0.3, 0.4) is 0 Å². The van der Waals surface area contributed by atoms with E-state index < -0.39 is 17.6 Å². The molecule has 0 aliphatic rings. The highest BCUT2D eigenvalue weighted by molar-refractivity contribution is 7.12. The van der Waals surface area contributed by atoms with Crippen LogP contribution in [-0.4, -0.2) is 11.8 Å². The van der Waals surface area contributed by atoms with Crippen LogP contribution in [0.25, 0.3) is 0 Å². The van der Waals surface area contributed by atoms with Crippen molar-refractivity contribution in [2.45, 2.75) is 19.9 Å². The molecule has 2 rings (SSSR count). The number of hydrogen-bond acceptors (Lipinski definition) is 3. The second-order valence-corrected chi connectivity index (χ2v) is 6.45. The maximum Gasteiger partial charge on any atom is 0.313 e. The number of carbonyl (C=O) groups is 2. The highest BCUT2D eigenvalue weighted by atomic mass is 35.5. The Bertz CT molecular complexity index is 717. The monoisotopic (exact) mass is 340 g/mol. The van der Waals surface area contributed by atoms with E-state index in [4.69, 9.17) is 11.6 Å². The molecule has 0 saturated heterocycles. The van der Waals surface area contributed by atoms with Crippen LogP contribution in [0.5, 0.6) is 0 Å². The third kappa shape index (κ3) is 4.05.